The highest BCUT2D eigenvalue weighted by atomic mass is 32.1. The molecule has 3 aliphatic rings. The van der Waals surface area contributed by atoms with Crippen molar-refractivity contribution in [1.29, 1.82) is 0 Å². The average molecular weight is 419 g/mol. The van der Waals surface area contributed by atoms with Crippen LogP contribution in [0.5, 0.6) is 0 Å². The molecule has 7 nitrogen and oxygen atoms in total. The Hall–Kier alpha value is -2.00. The van der Waals surface area contributed by atoms with Crippen LogP contribution in [0.25, 0.3) is 0 Å². The van der Waals surface area contributed by atoms with Gasteiger partial charge in [-0.05, 0) is 24.8 Å². The molecular formula is C20H27FN6OS. The third kappa shape index (κ3) is 3.54. The lowest BCUT2D eigenvalue weighted by Crippen LogP contribution is -2.47. The van der Waals surface area contributed by atoms with Crippen molar-refractivity contribution in [2.24, 2.45) is 5.92 Å². The van der Waals surface area contributed by atoms with E-state index in [0.29, 0.717) is 31.3 Å². The van der Waals surface area contributed by atoms with Crippen molar-refractivity contribution in [3.63, 3.8) is 0 Å². The molecule has 5 rings (SSSR count). The van der Waals surface area contributed by atoms with E-state index in [0.717, 1.165) is 54.9 Å². The number of piperidine rings is 1. The SMILES string of the molecule is CN(C)c1nsc(N2C[C@@H]3C[C@H](C2)c2ccc(CN4CC[C@H](F)C4)c(=O)n2C3)n1. The van der Waals surface area contributed by atoms with Crippen LogP contribution in [0.3, 0.4) is 0 Å². The lowest BCUT2D eigenvalue weighted by molar-refractivity contribution is 0.270. The maximum Gasteiger partial charge on any atom is 0.255 e. The molecule has 2 aromatic heterocycles. The molecule has 3 aliphatic heterocycles. The van der Waals surface area contributed by atoms with Crippen molar-refractivity contribution in [2.45, 2.75) is 38.0 Å². The summed E-state index contributed by atoms with van der Waals surface area (Å²) in [6.45, 7) is 4.26. The highest BCUT2D eigenvalue weighted by Crippen LogP contribution is 2.37. The minimum atomic E-state index is -0.755. The van der Waals surface area contributed by atoms with Crippen LogP contribution in [-0.2, 0) is 13.1 Å². The number of aromatic nitrogens is 3. The number of anilines is 2. The van der Waals surface area contributed by atoms with Gasteiger partial charge in [0.25, 0.3) is 5.56 Å². The molecule has 156 valence electrons. The van der Waals surface area contributed by atoms with Gasteiger partial charge in [-0.2, -0.15) is 9.36 Å². The Morgan fingerprint density at radius 1 is 1.24 bits per heavy atom. The van der Waals surface area contributed by atoms with Crippen molar-refractivity contribution < 1.29 is 4.39 Å². The fourth-order valence-corrected chi connectivity index (χ4v) is 5.71. The minimum Gasteiger partial charge on any atom is -0.346 e. The van der Waals surface area contributed by atoms with Crippen LogP contribution in [0.1, 0.15) is 30.0 Å². The van der Waals surface area contributed by atoms with Gasteiger partial charge in [0.15, 0.2) is 0 Å². The standard InChI is InChI=1S/C20H27FN6OS/c1-24(2)19-22-20(29-23-19)26-8-13-7-15(11-26)17-4-3-14(18(28)27(17)9-13)10-25-6-5-16(21)12-25/h3-4,13,15-16H,5-12H2,1-2H3/t13-,15+,16-/m0/s1. The van der Waals surface area contributed by atoms with Gasteiger partial charge >= 0.3 is 0 Å². The summed E-state index contributed by atoms with van der Waals surface area (Å²) < 4.78 is 19.9. The summed E-state index contributed by atoms with van der Waals surface area (Å²) >= 11 is 1.45. The van der Waals surface area contributed by atoms with Crippen LogP contribution >= 0.6 is 11.5 Å². The van der Waals surface area contributed by atoms with Crippen LogP contribution in [0.15, 0.2) is 16.9 Å². The van der Waals surface area contributed by atoms with E-state index in [-0.39, 0.29) is 5.56 Å². The van der Waals surface area contributed by atoms with E-state index in [2.05, 4.69) is 25.2 Å². The normalized spacial score (nSPS) is 26.6. The molecule has 3 atom stereocenters. The third-order valence-corrected chi connectivity index (χ3v) is 7.13. The second kappa shape index (κ2) is 7.36. The highest BCUT2D eigenvalue weighted by molar-refractivity contribution is 7.09. The minimum absolute atomic E-state index is 0.110. The van der Waals surface area contributed by atoms with Crippen molar-refractivity contribution in [3.05, 3.63) is 33.7 Å². The first-order chi connectivity index (χ1) is 14.0. The molecule has 0 spiro atoms. The smallest absolute Gasteiger partial charge is 0.255 e. The van der Waals surface area contributed by atoms with Crippen molar-refractivity contribution in [1.82, 2.24) is 18.8 Å². The maximum absolute atomic E-state index is 13.5. The predicted molar refractivity (Wildman–Crippen MR) is 113 cm³/mol. The number of halogens is 1. The fraction of sp³-hybridized carbons (Fsp3) is 0.650. The zero-order chi connectivity index (χ0) is 20.1. The Morgan fingerprint density at radius 3 is 2.83 bits per heavy atom. The molecule has 0 saturated carbocycles. The third-order valence-electron chi connectivity index (χ3n) is 6.37. The van der Waals surface area contributed by atoms with Gasteiger partial charge in [-0.3, -0.25) is 9.69 Å². The average Bonchev–Trinajstić information content (AvgIpc) is 3.34. The Morgan fingerprint density at radius 2 is 2.10 bits per heavy atom. The molecule has 2 saturated heterocycles. The fourth-order valence-electron chi connectivity index (χ4n) is 4.96. The number of likely N-dealkylation sites (tertiary alicyclic amines) is 1. The number of pyridine rings is 1. The van der Waals surface area contributed by atoms with Gasteiger partial charge in [0, 0.05) is 82.1 Å². The summed E-state index contributed by atoms with van der Waals surface area (Å²) in [4.78, 5) is 24.1. The van der Waals surface area contributed by atoms with Crippen molar-refractivity contribution in [2.75, 3.05) is 50.1 Å². The molecule has 0 aliphatic carbocycles. The van der Waals surface area contributed by atoms with Gasteiger partial charge < -0.3 is 14.4 Å². The summed E-state index contributed by atoms with van der Waals surface area (Å²) in [5.41, 5.74) is 2.03. The van der Waals surface area contributed by atoms with Gasteiger partial charge in [0.05, 0.1) is 0 Å². The molecule has 2 aromatic rings. The Balaban J connectivity index is 1.37. The van der Waals surface area contributed by atoms with E-state index >= 15 is 0 Å². The molecule has 0 amide bonds. The van der Waals surface area contributed by atoms with Gasteiger partial charge in [0.1, 0.15) is 6.17 Å². The van der Waals surface area contributed by atoms with E-state index in [1.807, 2.05) is 29.6 Å². The highest BCUT2D eigenvalue weighted by Gasteiger charge is 2.36. The lowest BCUT2D eigenvalue weighted by atomic mass is 9.83. The molecule has 9 heteroatoms. The van der Waals surface area contributed by atoms with Gasteiger partial charge in [-0.15, -0.1) is 0 Å². The van der Waals surface area contributed by atoms with Crippen LogP contribution < -0.4 is 15.4 Å². The van der Waals surface area contributed by atoms with Crippen molar-refractivity contribution in [3.8, 4) is 0 Å². The van der Waals surface area contributed by atoms with Gasteiger partial charge in [-0.25, -0.2) is 4.39 Å². The summed E-state index contributed by atoms with van der Waals surface area (Å²) in [6.07, 6.45) is 0.937. The van der Waals surface area contributed by atoms with E-state index in [1.54, 1.807) is 0 Å². The first kappa shape index (κ1) is 19.0. The quantitative estimate of drug-likeness (QED) is 0.756. The molecule has 29 heavy (non-hydrogen) atoms. The van der Waals surface area contributed by atoms with Crippen LogP contribution in [-0.4, -0.2) is 65.3 Å². The molecule has 0 aromatic carbocycles. The molecule has 0 radical (unpaired) electrons. The first-order valence-electron chi connectivity index (χ1n) is 10.3. The summed E-state index contributed by atoms with van der Waals surface area (Å²) in [5, 5.41) is 0.964. The number of alkyl halides is 1. The first-order valence-corrected chi connectivity index (χ1v) is 11.1. The van der Waals surface area contributed by atoms with E-state index in [1.165, 1.54) is 11.5 Å². The molecular weight excluding hydrogens is 391 g/mol. The predicted octanol–water partition coefficient (Wildman–Crippen LogP) is 1.93. The van der Waals surface area contributed by atoms with Crippen LogP contribution in [0.4, 0.5) is 15.5 Å². The second-order valence-corrected chi connectivity index (χ2v) is 9.53. The van der Waals surface area contributed by atoms with Crippen LogP contribution in [0, 0.1) is 5.92 Å². The number of nitrogens with zero attached hydrogens (tertiary/aromatic N) is 6. The number of rotatable bonds is 4. The Labute approximate surface area is 173 Å². The maximum atomic E-state index is 13.5. The van der Waals surface area contributed by atoms with E-state index < -0.39 is 6.17 Å². The lowest BCUT2D eigenvalue weighted by Gasteiger charge is -2.42. The zero-order valence-corrected chi connectivity index (χ0v) is 17.7. The zero-order valence-electron chi connectivity index (χ0n) is 16.9. The molecule has 0 N–H and O–H groups in total. The molecule has 5 heterocycles. The summed E-state index contributed by atoms with van der Waals surface area (Å²) in [7, 11) is 3.90. The van der Waals surface area contributed by atoms with Crippen LogP contribution in [0.2, 0.25) is 0 Å². The van der Waals surface area contributed by atoms with E-state index in [9.17, 15) is 9.18 Å². The number of fused-ring (bicyclic) bond motifs is 4. The van der Waals surface area contributed by atoms with Crippen molar-refractivity contribution >= 4 is 22.6 Å². The molecule has 0 unspecified atom stereocenters. The van der Waals surface area contributed by atoms with Gasteiger partial charge in [-0.1, -0.05) is 6.07 Å². The van der Waals surface area contributed by atoms with E-state index in [4.69, 9.17) is 0 Å². The molecule has 2 bridgehead atoms. The Kier molecular flexibility index (Phi) is 4.82. The second-order valence-electron chi connectivity index (χ2n) is 8.80. The number of hydrogen-bond donors (Lipinski definition) is 0. The summed E-state index contributed by atoms with van der Waals surface area (Å²) in [5.74, 6) is 1.51. The monoisotopic (exact) mass is 418 g/mol. The largest absolute Gasteiger partial charge is 0.346 e. The topological polar surface area (TPSA) is 57.5 Å². The van der Waals surface area contributed by atoms with Gasteiger partial charge in [0.2, 0.25) is 11.1 Å². The summed E-state index contributed by atoms with van der Waals surface area (Å²) in [6, 6.07) is 4.09. The number of hydrogen-bond acceptors (Lipinski definition) is 7. The Bertz CT molecular complexity index is 959. The molecule has 2 fully saturated rings.